The fraction of sp³-hybridized carbons (Fsp3) is 0.588. The van der Waals surface area contributed by atoms with Crippen LogP contribution in [0, 0.1) is 11.8 Å². The molecule has 2 amide bonds. The van der Waals surface area contributed by atoms with Crippen molar-refractivity contribution < 1.29 is 4.79 Å². The Morgan fingerprint density at radius 1 is 1.19 bits per heavy atom. The highest BCUT2D eigenvalue weighted by atomic mass is 16.2. The van der Waals surface area contributed by atoms with Crippen molar-refractivity contribution in [3.8, 4) is 0 Å². The number of urea groups is 1. The zero-order valence-corrected chi connectivity index (χ0v) is 12.8. The van der Waals surface area contributed by atoms with Crippen LogP contribution in [-0.4, -0.2) is 25.7 Å². The Morgan fingerprint density at radius 3 is 2.52 bits per heavy atom. The van der Waals surface area contributed by atoms with Crippen LogP contribution in [0.2, 0.25) is 0 Å². The second kappa shape index (κ2) is 6.37. The van der Waals surface area contributed by atoms with Gasteiger partial charge in [-0.05, 0) is 48.9 Å². The minimum absolute atomic E-state index is 0.00651. The maximum Gasteiger partial charge on any atom is 0.321 e. The summed E-state index contributed by atoms with van der Waals surface area (Å²) < 4.78 is 0. The minimum atomic E-state index is 0.00651. The highest BCUT2D eigenvalue weighted by Crippen LogP contribution is 2.28. The highest BCUT2D eigenvalue weighted by molar-refractivity contribution is 5.94. The zero-order valence-electron chi connectivity index (χ0n) is 12.8. The second-order valence-electron chi connectivity index (χ2n) is 6.44. The van der Waals surface area contributed by atoms with Crippen molar-refractivity contribution in [2.24, 2.45) is 11.8 Å². The van der Waals surface area contributed by atoms with Gasteiger partial charge in [0.25, 0.3) is 0 Å². The predicted molar refractivity (Wildman–Crippen MR) is 86.8 cm³/mol. The molecule has 0 aromatic heterocycles. The van der Waals surface area contributed by atoms with Gasteiger partial charge in [-0.15, -0.1) is 0 Å². The quantitative estimate of drug-likeness (QED) is 0.891. The summed E-state index contributed by atoms with van der Waals surface area (Å²) in [6, 6.07) is 8.21. The van der Waals surface area contributed by atoms with E-state index in [0.29, 0.717) is 0 Å². The van der Waals surface area contributed by atoms with E-state index in [0.717, 1.165) is 42.8 Å². The summed E-state index contributed by atoms with van der Waals surface area (Å²) in [5, 5.41) is 6.36. The van der Waals surface area contributed by atoms with Crippen molar-refractivity contribution >= 4 is 17.4 Å². The topological polar surface area (TPSA) is 44.4 Å². The molecule has 0 bridgehead atoms. The SMILES string of the molecule is CC1CCC(CNc2ccc(N3CCNC3=O)cc2)CC1. The Hall–Kier alpha value is -1.71. The summed E-state index contributed by atoms with van der Waals surface area (Å²) >= 11 is 0. The fourth-order valence-electron chi connectivity index (χ4n) is 3.27. The lowest BCUT2D eigenvalue weighted by Gasteiger charge is -2.26. The number of nitrogens with zero attached hydrogens (tertiary/aromatic N) is 1. The van der Waals surface area contributed by atoms with Gasteiger partial charge in [-0.1, -0.05) is 19.8 Å². The first-order valence-electron chi connectivity index (χ1n) is 8.11. The number of nitrogens with one attached hydrogen (secondary N) is 2. The number of carbonyl (C=O) groups excluding carboxylic acids is 1. The van der Waals surface area contributed by atoms with E-state index in [4.69, 9.17) is 0 Å². The Balaban J connectivity index is 1.51. The molecule has 1 heterocycles. The molecule has 0 atom stereocenters. The van der Waals surface area contributed by atoms with Crippen LogP contribution in [0.4, 0.5) is 16.2 Å². The molecule has 1 saturated heterocycles. The van der Waals surface area contributed by atoms with Crippen LogP contribution in [0.1, 0.15) is 32.6 Å². The molecule has 0 unspecified atom stereocenters. The number of anilines is 2. The Kier molecular flexibility index (Phi) is 4.32. The van der Waals surface area contributed by atoms with E-state index in [1.807, 2.05) is 12.1 Å². The van der Waals surface area contributed by atoms with Crippen LogP contribution in [0.3, 0.4) is 0 Å². The number of amides is 2. The lowest BCUT2D eigenvalue weighted by molar-refractivity contribution is 0.252. The molecule has 1 aromatic carbocycles. The van der Waals surface area contributed by atoms with Gasteiger partial charge in [-0.25, -0.2) is 4.79 Å². The molecular formula is C17H25N3O. The normalized spacial score (nSPS) is 25.8. The molecule has 1 aromatic rings. The third-order valence-corrected chi connectivity index (χ3v) is 4.77. The van der Waals surface area contributed by atoms with E-state index < -0.39 is 0 Å². The van der Waals surface area contributed by atoms with Crippen LogP contribution in [0.5, 0.6) is 0 Å². The Labute approximate surface area is 126 Å². The van der Waals surface area contributed by atoms with Crippen molar-refractivity contribution in [1.82, 2.24) is 5.32 Å². The van der Waals surface area contributed by atoms with Gasteiger partial charge < -0.3 is 10.6 Å². The molecule has 4 nitrogen and oxygen atoms in total. The van der Waals surface area contributed by atoms with Crippen molar-refractivity contribution in [2.45, 2.75) is 32.6 Å². The van der Waals surface area contributed by atoms with Crippen LogP contribution in [-0.2, 0) is 0 Å². The Morgan fingerprint density at radius 2 is 1.90 bits per heavy atom. The Bertz CT molecular complexity index is 477. The molecular weight excluding hydrogens is 262 g/mol. The van der Waals surface area contributed by atoms with Crippen molar-refractivity contribution in [1.29, 1.82) is 0 Å². The third kappa shape index (κ3) is 3.49. The summed E-state index contributed by atoms with van der Waals surface area (Å²) in [4.78, 5) is 13.4. The molecule has 0 radical (unpaired) electrons. The standard InChI is InChI=1S/C17H25N3O/c1-13-2-4-14(5-3-13)12-19-15-6-8-16(9-7-15)20-11-10-18-17(20)21/h6-9,13-14,19H,2-5,10-12H2,1H3,(H,18,21). The first-order valence-corrected chi connectivity index (χ1v) is 8.11. The number of carbonyl (C=O) groups is 1. The van der Waals surface area contributed by atoms with Gasteiger partial charge in [0, 0.05) is 31.0 Å². The maximum absolute atomic E-state index is 11.6. The van der Waals surface area contributed by atoms with Crippen molar-refractivity contribution in [3.05, 3.63) is 24.3 Å². The number of benzene rings is 1. The molecule has 0 spiro atoms. The van der Waals surface area contributed by atoms with Crippen LogP contribution in [0.25, 0.3) is 0 Å². The molecule has 3 rings (SSSR count). The average molecular weight is 287 g/mol. The van der Waals surface area contributed by atoms with Gasteiger partial charge in [0.05, 0.1) is 0 Å². The molecule has 21 heavy (non-hydrogen) atoms. The van der Waals surface area contributed by atoms with Crippen LogP contribution >= 0.6 is 0 Å². The van der Waals surface area contributed by atoms with E-state index >= 15 is 0 Å². The van der Waals surface area contributed by atoms with Gasteiger partial charge in [0.1, 0.15) is 0 Å². The predicted octanol–water partition coefficient (Wildman–Crippen LogP) is 3.45. The molecule has 1 aliphatic carbocycles. The van der Waals surface area contributed by atoms with E-state index in [2.05, 4.69) is 29.7 Å². The van der Waals surface area contributed by atoms with Gasteiger partial charge in [0.15, 0.2) is 0 Å². The largest absolute Gasteiger partial charge is 0.385 e. The molecule has 1 saturated carbocycles. The van der Waals surface area contributed by atoms with Gasteiger partial charge in [-0.2, -0.15) is 0 Å². The molecule has 4 heteroatoms. The van der Waals surface area contributed by atoms with Crippen LogP contribution < -0.4 is 15.5 Å². The minimum Gasteiger partial charge on any atom is -0.385 e. The summed E-state index contributed by atoms with van der Waals surface area (Å²) in [5.74, 6) is 1.72. The van der Waals surface area contributed by atoms with Gasteiger partial charge in [0.2, 0.25) is 0 Å². The van der Waals surface area contributed by atoms with E-state index in [1.165, 1.54) is 25.7 Å². The van der Waals surface area contributed by atoms with Crippen molar-refractivity contribution in [2.75, 3.05) is 29.9 Å². The average Bonchev–Trinajstić information content (AvgIpc) is 2.93. The van der Waals surface area contributed by atoms with E-state index in [9.17, 15) is 4.79 Å². The third-order valence-electron chi connectivity index (χ3n) is 4.77. The summed E-state index contributed by atoms with van der Waals surface area (Å²) in [5.41, 5.74) is 2.12. The molecule has 2 N–H and O–H groups in total. The fourth-order valence-corrected chi connectivity index (χ4v) is 3.27. The first kappa shape index (κ1) is 14.2. The van der Waals surface area contributed by atoms with E-state index in [-0.39, 0.29) is 6.03 Å². The lowest BCUT2D eigenvalue weighted by Crippen LogP contribution is -2.27. The monoisotopic (exact) mass is 287 g/mol. The molecule has 2 fully saturated rings. The van der Waals surface area contributed by atoms with Gasteiger partial charge in [-0.3, -0.25) is 4.90 Å². The zero-order chi connectivity index (χ0) is 14.7. The summed E-state index contributed by atoms with van der Waals surface area (Å²) in [6.07, 6.45) is 5.44. The molecule has 1 aliphatic heterocycles. The highest BCUT2D eigenvalue weighted by Gasteiger charge is 2.21. The van der Waals surface area contributed by atoms with E-state index in [1.54, 1.807) is 4.90 Å². The maximum atomic E-state index is 11.6. The lowest BCUT2D eigenvalue weighted by atomic mass is 9.83. The summed E-state index contributed by atoms with van der Waals surface area (Å²) in [7, 11) is 0. The molecule has 114 valence electrons. The van der Waals surface area contributed by atoms with Gasteiger partial charge >= 0.3 is 6.03 Å². The number of hydrogen-bond acceptors (Lipinski definition) is 2. The first-order chi connectivity index (χ1) is 10.2. The number of hydrogen-bond donors (Lipinski definition) is 2. The smallest absolute Gasteiger partial charge is 0.321 e. The van der Waals surface area contributed by atoms with Crippen LogP contribution in [0.15, 0.2) is 24.3 Å². The molecule has 2 aliphatic rings. The number of rotatable bonds is 4. The summed E-state index contributed by atoms with van der Waals surface area (Å²) in [6.45, 7) is 4.91. The second-order valence-corrected chi connectivity index (χ2v) is 6.44. The van der Waals surface area contributed by atoms with Crippen molar-refractivity contribution in [3.63, 3.8) is 0 Å².